The van der Waals surface area contributed by atoms with Crippen LogP contribution in [0.4, 0.5) is 0 Å². The van der Waals surface area contributed by atoms with E-state index in [0.29, 0.717) is 11.1 Å². The van der Waals surface area contributed by atoms with Crippen LogP contribution < -0.4 is 0 Å². The van der Waals surface area contributed by atoms with Gasteiger partial charge in [-0.25, -0.2) is 0 Å². The third kappa shape index (κ3) is 2.60. The summed E-state index contributed by atoms with van der Waals surface area (Å²) in [5.74, 6) is -0.269. The lowest BCUT2D eigenvalue weighted by Crippen LogP contribution is -2.12. The van der Waals surface area contributed by atoms with Gasteiger partial charge in [0.05, 0.1) is 0 Å². The fourth-order valence-electron chi connectivity index (χ4n) is 1.66. The van der Waals surface area contributed by atoms with E-state index in [4.69, 9.17) is 0 Å². The van der Waals surface area contributed by atoms with Gasteiger partial charge in [-0.05, 0) is 12.5 Å². The van der Waals surface area contributed by atoms with Crippen LogP contribution in [0.1, 0.15) is 27.6 Å². The number of Topliss-reactive ketones (excluding diaryl/α,β-unsaturated/α-hetero) is 1. The molecule has 2 aromatic rings. The summed E-state index contributed by atoms with van der Waals surface area (Å²) in [4.78, 5) is 12.0. The number of carbonyl (C=O) groups excluding carboxylic acids is 1. The molecule has 2 aromatic carbocycles. The van der Waals surface area contributed by atoms with Crippen molar-refractivity contribution in [2.75, 3.05) is 0 Å². The Labute approximate surface area is 101 Å². The summed E-state index contributed by atoms with van der Waals surface area (Å²) in [7, 11) is 0. The predicted octanol–water partition coefficient (Wildman–Crippen LogP) is 2.91. The van der Waals surface area contributed by atoms with Gasteiger partial charge in [-0.15, -0.1) is 0 Å². The molecule has 1 N–H and O–H groups in total. The zero-order chi connectivity index (χ0) is 12.3. The quantitative estimate of drug-likeness (QED) is 0.817. The van der Waals surface area contributed by atoms with Crippen molar-refractivity contribution in [1.29, 1.82) is 0 Å². The van der Waals surface area contributed by atoms with Crippen molar-refractivity contribution in [3.8, 4) is 0 Å². The molecule has 2 heteroatoms. The zero-order valence-electron chi connectivity index (χ0n) is 9.63. The van der Waals surface area contributed by atoms with Gasteiger partial charge in [0.2, 0.25) is 0 Å². The maximum atomic E-state index is 12.0. The number of aliphatic hydroxyl groups is 1. The number of carbonyl (C=O) groups is 1. The molecule has 0 amide bonds. The third-order valence-electron chi connectivity index (χ3n) is 2.70. The van der Waals surface area contributed by atoms with Crippen molar-refractivity contribution in [1.82, 2.24) is 0 Å². The van der Waals surface area contributed by atoms with Gasteiger partial charge in [-0.2, -0.15) is 0 Å². The monoisotopic (exact) mass is 226 g/mol. The van der Waals surface area contributed by atoms with Gasteiger partial charge < -0.3 is 5.11 Å². The number of aryl methyl sites for hydroxylation is 1. The predicted molar refractivity (Wildman–Crippen MR) is 66.9 cm³/mol. The first-order valence-corrected chi connectivity index (χ1v) is 5.52. The first-order chi connectivity index (χ1) is 8.18. The van der Waals surface area contributed by atoms with Crippen LogP contribution in [0.2, 0.25) is 0 Å². The number of benzene rings is 2. The Morgan fingerprint density at radius 1 is 1.00 bits per heavy atom. The molecule has 0 saturated carbocycles. The van der Waals surface area contributed by atoms with Crippen LogP contribution in [0.3, 0.4) is 0 Å². The number of ketones is 1. The summed E-state index contributed by atoms with van der Waals surface area (Å²) in [5.41, 5.74) is 2.26. The summed E-state index contributed by atoms with van der Waals surface area (Å²) in [6.45, 7) is 1.97. The highest BCUT2D eigenvalue weighted by molar-refractivity contribution is 5.99. The average molecular weight is 226 g/mol. The fourth-order valence-corrected chi connectivity index (χ4v) is 1.66. The van der Waals surface area contributed by atoms with Crippen LogP contribution in [0.25, 0.3) is 0 Å². The van der Waals surface area contributed by atoms with Crippen molar-refractivity contribution in [2.45, 2.75) is 13.0 Å². The van der Waals surface area contributed by atoms with Crippen molar-refractivity contribution in [3.05, 3.63) is 71.3 Å². The van der Waals surface area contributed by atoms with Crippen LogP contribution >= 0.6 is 0 Å². The molecular formula is C15H14O2. The van der Waals surface area contributed by atoms with Crippen LogP contribution in [-0.2, 0) is 0 Å². The van der Waals surface area contributed by atoms with Crippen molar-refractivity contribution in [3.63, 3.8) is 0 Å². The molecule has 0 aliphatic heterocycles. The molecular weight excluding hydrogens is 212 g/mol. The Morgan fingerprint density at radius 3 is 2.18 bits per heavy atom. The Kier molecular flexibility index (Phi) is 3.35. The maximum Gasteiger partial charge on any atom is 0.195 e. The SMILES string of the molecule is Cc1ccc([C@@H](O)C(=O)c2ccccc2)cc1. The van der Waals surface area contributed by atoms with Crippen molar-refractivity contribution < 1.29 is 9.90 Å². The second-order valence-electron chi connectivity index (χ2n) is 4.04. The summed E-state index contributed by atoms with van der Waals surface area (Å²) in [6, 6.07) is 16.2. The highest BCUT2D eigenvalue weighted by Crippen LogP contribution is 2.18. The van der Waals surface area contributed by atoms with Gasteiger partial charge in [0.15, 0.2) is 5.78 Å². The van der Waals surface area contributed by atoms with E-state index in [1.807, 2.05) is 25.1 Å². The topological polar surface area (TPSA) is 37.3 Å². The highest BCUT2D eigenvalue weighted by Gasteiger charge is 2.18. The summed E-state index contributed by atoms with van der Waals surface area (Å²) in [5, 5.41) is 9.98. The van der Waals surface area contributed by atoms with E-state index in [-0.39, 0.29) is 5.78 Å². The molecule has 0 bridgehead atoms. The molecule has 86 valence electrons. The number of aliphatic hydroxyl groups excluding tert-OH is 1. The van der Waals surface area contributed by atoms with E-state index in [9.17, 15) is 9.90 Å². The Hall–Kier alpha value is -1.93. The lowest BCUT2D eigenvalue weighted by molar-refractivity contribution is 0.0747. The molecule has 0 saturated heterocycles. The van der Waals surface area contributed by atoms with Crippen LogP contribution in [-0.4, -0.2) is 10.9 Å². The van der Waals surface area contributed by atoms with Gasteiger partial charge in [-0.3, -0.25) is 4.79 Å². The second-order valence-corrected chi connectivity index (χ2v) is 4.04. The molecule has 0 spiro atoms. The van der Waals surface area contributed by atoms with Gasteiger partial charge in [-0.1, -0.05) is 60.2 Å². The first kappa shape index (κ1) is 11.6. The molecule has 0 heterocycles. The second kappa shape index (κ2) is 4.93. The Bertz CT molecular complexity index is 500. The van der Waals surface area contributed by atoms with E-state index < -0.39 is 6.10 Å². The molecule has 0 fully saturated rings. The number of rotatable bonds is 3. The first-order valence-electron chi connectivity index (χ1n) is 5.52. The maximum absolute atomic E-state index is 12.0. The lowest BCUT2D eigenvalue weighted by atomic mass is 9.99. The van der Waals surface area contributed by atoms with Gasteiger partial charge in [0, 0.05) is 5.56 Å². The standard InChI is InChI=1S/C15H14O2/c1-11-7-9-13(10-8-11)15(17)14(16)12-5-3-2-4-6-12/h2-10,15,17H,1H3/t15-/m1/s1. The molecule has 2 rings (SSSR count). The zero-order valence-corrected chi connectivity index (χ0v) is 9.63. The van der Waals surface area contributed by atoms with E-state index in [1.165, 1.54) is 0 Å². The molecule has 0 aliphatic carbocycles. The molecule has 17 heavy (non-hydrogen) atoms. The van der Waals surface area contributed by atoms with Crippen LogP contribution in [0.15, 0.2) is 54.6 Å². The van der Waals surface area contributed by atoms with Gasteiger partial charge in [0.25, 0.3) is 0 Å². The summed E-state index contributed by atoms with van der Waals surface area (Å²) < 4.78 is 0. The Balaban J connectivity index is 2.23. The highest BCUT2D eigenvalue weighted by atomic mass is 16.3. The minimum absolute atomic E-state index is 0.269. The molecule has 0 unspecified atom stereocenters. The average Bonchev–Trinajstić information content (AvgIpc) is 2.39. The summed E-state index contributed by atoms with van der Waals surface area (Å²) >= 11 is 0. The smallest absolute Gasteiger partial charge is 0.195 e. The van der Waals surface area contributed by atoms with E-state index >= 15 is 0 Å². The normalized spacial score (nSPS) is 12.1. The minimum atomic E-state index is -1.09. The lowest BCUT2D eigenvalue weighted by Gasteiger charge is -2.10. The molecule has 0 aromatic heterocycles. The van der Waals surface area contributed by atoms with Gasteiger partial charge in [0.1, 0.15) is 6.10 Å². The van der Waals surface area contributed by atoms with Crippen LogP contribution in [0.5, 0.6) is 0 Å². The number of hydrogen-bond acceptors (Lipinski definition) is 2. The van der Waals surface area contributed by atoms with E-state index in [0.717, 1.165) is 5.56 Å². The van der Waals surface area contributed by atoms with Crippen molar-refractivity contribution >= 4 is 5.78 Å². The minimum Gasteiger partial charge on any atom is -0.380 e. The molecule has 1 atom stereocenters. The Morgan fingerprint density at radius 2 is 1.59 bits per heavy atom. The number of hydrogen-bond donors (Lipinski definition) is 1. The molecule has 2 nitrogen and oxygen atoms in total. The van der Waals surface area contributed by atoms with Crippen molar-refractivity contribution in [2.24, 2.45) is 0 Å². The summed E-state index contributed by atoms with van der Waals surface area (Å²) in [6.07, 6.45) is -1.09. The van der Waals surface area contributed by atoms with E-state index in [1.54, 1.807) is 36.4 Å². The van der Waals surface area contributed by atoms with E-state index in [2.05, 4.69) is 0 Å². The largest absolute Gasteiger partial charge is 0.380 e. The molecule has 0 radical (unpaired) electrons. The van der Waals surface area contributed by atoms with Gasteiger partial charge >= 0.3 is 0 Å². The van der Waals surface area contributed by atoms with Crippen LogP contribution in [0, 0.1) is 6.92 Å². The molecule has 0 aliphatic rings. The third-order valence-corrected chi connectivity index (χ3v) is 2.70. The fraction of sp³-hybridized carbons (Fsp3) is 0.133.